The second-order valence-corrected chi connectivity index (χ2v) is 8.56. The number of pyridine rings is 2. The van der Waals surface area contributed by atoms with E-state index in [1.165, 1.54) is 7.05 Å². The van der Waals surface area contributed by atoms with Crippen LogP contribution in [0.25, 0.3) is 22.2 Å². The molecule has 1 aromatic carbocycles. The standard InChI is InChI=1S/C20H14F4N6O4S/c1-25-19(31)17-9-7-26-18(15(24)16(9)28-29-17)13-10(22)3-4-11(14(13)23)30-35(32,33)12-5-8(21)6-27-20(12)34-2/h3-7,30H,1-2H3,(H,25,31)(H,28,29). The molecule has 0 saturated carbocycles. The summed E-state index contributed by atoms with van der Waals surface area (Å²) in [6.45, 7) is 0. The molecule has 0 atom stereocenters. The average Bonchev–Trinajstić information content (AvgIpc) is 3.27. The predicted molar refractivity (Wildman–Crippen MR) is 114 cm³/mol. The Labute approximate surface area is 194 Å². The Morgan fingerprint density at radius 3 is 2.51 bits per heavy atom. The summed E-state index contributed by atoms with van der Waals surface area (Å²) in [5.41, 5.74) is -3.14. The second kappa shape index (κ2) is 8.83. The quantitative estimate of drug-likeness (QED) is 0.339. The van der Waals surface area contributed by atoms with E-state index in [2.05, 4.69) is 25.5 Å². The molecule has 0 bridgehead atoms. The van der Waals surface area contributed by atoms with Gasteiger partial charge in [-0.25, -0.2) is 31.0 Å². The maximum absolute atomic E-state index is 15.3. The van der Waals surface area contributed by atoms with E-state index >= 15 is 8.78 Å². The molecule has 0 aliphatic rings. The molecule has 35 heavy (non-hydrogen) atoms. The molecule has 15 heteroatoms. The third kappa shape index (κ3) is 4.09. The Kier molecular flexibility index (Phi) is 6.02. The number of sulfonamides is 1. The van der Waals surface area contributed by atoms with Gasteiger partial charge < -0.3 is 10.1 Å². The monoisotopic (exact) mass is 510 g/mol. The fourth-order valence-electron chi connectivity index (χ4n) is 3.22. The smallest absolute Gasteiger partial charge is 0.272 e. The summed E-state index contributed by atoms with van der Waals surface area (Å²) in [6.07, 6.45) is 1.70. The number of aromatic amines is 1. The molecule has 3 N–H and O–H groups in total. The summed E-state index contributed by atoms with van der Waals surface area (Å²) in [5, 5.41) is 8.22. The molecule has 0 aliphatic heterocycles. The molecule has 10 nitrogen and oxygen atoms in total. The van der Waals surface area contributed by atoms with Gasteiger partial charge in [0.25, 0.3) is 15.9 Å². The average molecular weight is 510 g/mol. The van der Waals surface area contributed by atoms with Crippen molar-refractivity contribution in [3.63, 3.8) is 0 Å². The lowest BCUT2D eigenvalue weighted by Crippen LogP contribution is -2.18. The summed E-state index contributed by atoms with van der Waals surface area (Å²) < 4.78 is 90.9. The van der Waals surface area contributed by atoms with Gasteiger partial charge in [0.15, 0.2) is 22.2 Å². The fourth-order valence-corrected chi connectivity index (χ4v) is 4.41. The van der Waals surface area contributed by atoms with Gasteiger partial charge in [0.2, 0.25) is 5.88 Å². The van der Waals surface area contributed by atoms with Crippen LogP contribution < -0.4 is 14.8 Å². The van der Waals surface area contributed by atoms with Gasteiger partial charge in [-0.15, -0.1) is 0 Å². The molecular formula is C20H14F4N6O4S. The minimum Gasteiger partial charge on any atom is -0.480 e. The van der Waals surface area contributed by atoms with Crippen LogP contribution in [0.1, 0.15) is 10.5 Å². The fraction of sp³-hybridized carbons (Fsp3) is 0.100. The maximum atomic E-state index is 15.3. The van der Waals surface area contributed by atoms with Gasteiger partial charge in [-0.05, 0) is 12.1 Å². The SMILES string of the molecule is CNC(=O)c1n[nH]c2c(F)c(-c3c(F)ccc(NS(=O)(=O)c4cc(F)cnc4OC)c3F)ncc12. The molecule has 0 aliphatic carbocycles. The number of aromatic nitrogens is 4. The highest BCUT2D eigenvalue weighted by Gasteiger charge is 2.28. The van der Waals surface area contributed by atoms with Gasteiger partial charge in [-0.2, -0.15) is 5.10 Å². The number of rotatable bonds is 6. The molecule has 4 rings (SSSR count). The maximum Gasteiger partial charge on any atom is 0.272 e. The van der Waals surface area contributed by atoms with Crippen molar-refractivity contribution in [2.24, 2.45) is 0 Å². The van der Waals surface area contributed by atoms with E-state index in [1.807, 2.05) is 4.72 Å². The molecule has 0 fully saturated rings. The number of fused-ring (bicyclic) bond motifs is 1. The number of halogens is 4. The topological polar surface area (TPSA) is 139 Å². The van der Waals surface area contributed by atoms with Gasteiger partial charge in [-0.1, -0.05) is 0 Å². The zero-order chi connectivity index (χ0) is 25.5. The first-order valence-electron chi connectivity index (χ1n) is 9.54. The van der Waals surface area contributed by atoms with E-state index in [0.29, 0.717) is 18.3 Å². The number of ether oxygens (including phenoxy) is 1. The largest absolute Gasteiger partial charge is 0.480 e. The van der Waals surface area contributed by atoms with E-state index in [4.69, 9.17) is 4.74 Å². The molecular weight excluding hydrogens is 496 g/mol. The molecule has 3 heterocycles. The van der Waals surface area contributed by atoms with Gasteiger partial charge in [0.05, 0.1) is 29.9 Å². The van der Waals surface area contributed by atoms with E-state index in [1.54, 1.807) is 0 Å². The second-order valence-electron chi connectivity index (χ2n) is 6.91. The molecule has 4 aromatic rings. The number of carbonyl (C=O) groups is 1. The Bertz CT molecular complexity index is 1590. The molecule has 0 radical (unpaired) electrons. The molecule has 3 aromatic heterocycles. The van der Waals surface area contributed by atoms with E-state index < -0.39 is 66.9 Å². The summed E-state index contributed by atoms with van der Waals surface area (Å²) in [4.78, 5) is 18.3. The molecule has 0 spiro atoms. The minimum absolute atomic E-state index is 0.0472. The Morgan fingerprint density at radius 1 is 1.09 bits per heavy atom. The molecule has 1 amide bonds. The Balaban J connectivity index is 1.82. The number of H-pyrrole nitrogens is 1. The number of carbonyl (C=O) groups excluding carboxylic acids is 1. The highest BCUT2D eigenvalue weighted by atomic mass is 32.2. The lowest BCUT2D eigenvalue weighted by atomic mass is 10.1. The van der Waals surface area contributed by atoms with Crippen molar-refractivity contribution < 1.29 is 35.5 Å². The van der Waals surface area contributed by atoms with Gasteiger partial charge >= 0.3 is 0 Å². The lowest BCUT2D eigenvalue weighted by molar-refractivity contribution is 0.0959. The van der Waals surface area contributed by atoms with Crippen LogP contribution in [0.2, 0.25) is 0 Å². The minimum atomic E-state index is -4.68. The van der Waals surface area contributed by atoms with Gasteiger partial charge in [-0.3, -0.25) is 19.6 Å². The van der Waals surface area contributed by atoms with Crippen molar-refractivity contribution in [3.8, 4) is 17.1 Å². The van der Waals surface area contributed by atoms with Crippen molar-refractivity contribution in [3.05, 3.63) is 59.6 Å². The van der Waals surface area contributed by atoms with Crippen LogP contribution in [0, 0.1) is 23.3 Å². The third-order valence-electron chi connectivity index (χ3n) is 4.84. The third-order valence-corrected chi connectivity index (χ3v) is 6.20. The number of nitrogens with one attached hydrogen (secondary N) is 3. The number of benzene rings is 1. The van der Waals surface area contributed by atoms with Crippen LogP contribution in [0.4, 0.5) is 23.2 Å². The Morgan fingerprint density at radius 2 is 1.83 bits per heavy atom. The van der Waals surface area contributed by atoms with Crippen LogP contribution in [-0.2, 0) is 10.0 Å². The van der Waals surface area contributed by atoms with E-state index in [-0.39, 0.29) is 16.6 Å². The first-order valence-corrected chi connectivity index (χ1v) is 11.0. The zero-order valence-corrected chi connectivity index (χ0v) is 18.6. The van der Waals surface area contributed by atoms with Crippen LogP contribution in [-0.4, -0.2) is 48.6 Å². The summed E-state index contributed by atoms with van der Waals surface area (Å²) in [7, 11) is -2.27. The number of hydrogen-bond donors (Lipinski definition) is 3. The van der Waals surface area contributed by atoms with E-state index in [0.717, 1.165) is 19.4 Å². The van der Waals surface area contributed by atoms with Crippen molar-refractivity contribution in [2.75, 3.05) is 18.9 Å². The predicted octanol–water partition coefficient (Wildman–Crippen LogP) is 2.75. The summed E-state index contributed by atoms with van der Waals surface area (Å²) in [6, 6.07) is 2.03. The van der Waals surface area contributed by atoms with Crippen molar-refractivity contribution >= 4 is 32.5 Å². The van der Waals surface area contributed by atoms with Crippen molar-refractivity contribution in [1.82, 2.24) is 25.5 Å². The normalized spacial score (nSPS) is 11.5. The number of hydrogen-bond acceptors (Lipinski definition) is 7. The van der Waals surface area contributed by atoms with Gasteiger partial charge in [0, 0.05) is 19.3 Å². The number of amides is 1. The number of nitrogens with zero attached hydrogens (tertiary/aromatic N) is 3. The molecule has 0 unspecified atom stereocenters. The number of anilines is 1. The van der Waals surface area contributed by atoms with Crippen molar-refractivity contribution in [1.29, 1.82) is 0 Å². The first-order chi connectivity index (χ1) is 16.6. The summed E-state index contributed by atoms with van der Waals surface area (Å²) in [5.74, 6) is -6.14. The summed E-state index contributed by atoms with van der Waals surface area (Å²) >= 11 is 0. The van der Waals surface area contributed by atoms with Crippen LogP contribution >= 0.6 is 0 Å². The van der Waals surface area contributed by atoms with Crippen LogP contribution in [0.3, 0.4) is 0 Å². The number of methoxy groups -OCH3 is 1. The van der Waals surface area contributed by atoms with Gasteiger partial charge in [0.1, 0.15) is 22.8 Å². The van der Waals surface area contributed by atoms with Crippen LogP contribution in [0.15, 0.2) is 35.5 Å². The first kappa shape index (κ1) is 23.9. The van der Waals surface area contributed by atoms with E-state index in [9.17, 15) is 22.0 Å². The van der Waals surface area contributed by atoms with Crippen LogP contribution in [0.5, 0.6) is 5.88 Å². The lowest BCUT2D eigenvalue weighted by Gasteiger charge is -2.14. The molecule has 182 valence electrons. The zero-order valence-electron chi connectivity index (χ0n) is 17.8. The molecule has 0 saturated heterocycles. The highest BCUT2D eigenvalue weighted by Crippen LogP contribution is 2.35. The highest BCUT2D eigenvalue weighted by molar-refractivity contribution is 7.92. The Hall–Kier alpha value is -4.27. The van der Waals surface area contributed by atoms with Crippen molar-refractivity contribution in [2.45, 2.75) is 4.90 Å².